The zero-order valence-electron chi connectivity index (χ0n) is 13.1. The van der Waals surface area contributed by atoms with Crippen LogP contribution >= 0.6 is 0 Å². The molecule has 0 spiro atoms. The number of ether oxygens (including phenoxy) is 2. The van der Waals surface area contributed by atoms with Gasteiger partial charge in [0.2, 0.25) is 11.6 Å². The lowest BCUT2D eigenvalue weighted by molar-refractivity contribution is 0.0851. The Bertz CT molecular complexity index is 651. The van der Waals surface area contributed by atoms with Crippen molar-refractivity contribution in [2.24, 2.45) is 0 Å². The molecule has 1 fully saturated rings. The molecule has 1 aromatic carbocycles. The highest BCUT2D eigenvalue weighted by Gasteiger charge is 2.23. The van der Waals surface area contributed by atoms with Gasteiger partial charge in [-0.1, -0.05) is 35.5 Å². The zero-order valence-corrected chi connectivity index (χ0v) is 13.1. The van der Waals surface area contributed by atoms with Crippen LogP contribution in [0.1, 0.15) is 28.9 Å². The molecule has 1 amide bonds. The van der Waals surface area contributed by atoms with Crippen molar-refractivity contribution in [3.05, 3.63) is 41.6 Å². The van der Waals surface area contributed by atoms with Crippen LogP contribution in [0.25, 0.3) is 0 Å². The quantitative estimate of drug-likeness (QED) is 0.867. The van der Waals surface area contributed by atoms with Crippen LogP contribution in [0.15, 0.2) is 30.3 Å². The molecule has 1 aliphatic heterocycles. The Morgan fingerprint density at radius 3 is 2.96 bits per heavy atom. The summed E-state index contributed by atoms with van der Waals surface area (Å²) in [5.41, 5.74) is 1.25. The Hall–Kier alpha value is -2.41. The average Bonchev–Trinajstić information content (AvgIpc) is 3.23. The zero-order chi connectivity index (χ0) is 16.1. The third-order valence-electron chi connectivity index (χ3n) is 3.79. The van der Waals surface area contributed by atoms with Crippen molar-refractivity contribution >= 4 is 5.91 Å². The van der Waals surface area contributed by atoms with Crippen LogP contribution in [0.5, 0.6) is 5.88 Å². The van der Waals surface area contributed by atoms with Gasteiger partial charge in [-0.15, -0.1) is 5.10 Å². The van der Waals surface area contributed by atoms with Crippen molar-refractivity contribution in [1.82, 2.24) is 20.3 Å². The van der Waals surface area contributed by atoms with Crippen LogP contribution in [0.2, 0.25) is 0 Å². The number of nitrogens with zero attached hydrogens (tertiary/aromatic N) is 3. The Morgan fingerprint density at radius 2 is 2.26 bits per heavy atom. The van der Waals surface area contributed by atoms with Gasteiger partial charge in [0.15, 0.2) is 0 Å². The van der Waals surface area contributed by atoms with Crippen LogP contribution < -0.4 is 10.1 Å². The Kier molecular flexibility index (Phi) is 4.87. The van der Waals surface area contributed by atoms with Gasteiger partial charge in [-0.25, -0.2) is 4.68 Å². The topological polar surface area (TPSA) is 78.3 Å². The predicted molar refractivity (Wildman–Crippen MR) is 83.4 cm³/mol. The van der Waals surface area contributed by atoms with E-state index in [1.807, 2.05) is 30.3 Å². The van der Waals surface area contributed by atoms with Gasteiger partial charge in [-0.3, -0.25) is 4.79 Å². The van der Waals surface area contributed by atoms with E-state index in [-0.39, 0.29) is 17.7 Å². The van der Waals surface area contributed by atoms with E-state index in [0.29, 0.717) is 19.0 Å². The number of amides is 1. The minimum absolute atomic E-state index is 0.0873. The van der Waals surface area contributed by atoms with E-state index in [9.17, 15) is 4.79 Å². The summed E-state index contributed by atoms with van der Waals surface area (Å²) in [7, 11) is 1.51. The lowest BCUT2D eigenvalue weighted by Gasteiger charge is -2.10. The van der Waals surface area contributed by atoms with Gasteiger partial charge in [0, 0.05) is 13.2 Å². The second-order valence-corrected chi connectivity index (χ2v) is 5.44. The van der Waals surface area contributed by atoms with E-state index >= 15 is 0 Å². The van der Waals surface area contributed by atoms with E-state index in [1.165, 1.54) is 7.11 Å². The fraction of sp³-hybridized carbons (Fsp3) is 0.438. The van der Waals surface area contributed by atoms with Crippen LogP contribution in [0.4, 0.5) is 0 Å². The summed E-state index contributed by atoms with van der Waals surface area (Å²) in [6, 6.07) is 9.82. The molecular formula is C16H20N4O3. The first-order valence-corrected chi connectivity index (χ1v) is 7.69. The Balaban J connectivity index is 1.68. The summed E-state index contributed by atoms with van der Waals surface area (Å²) >= 11 is 0. The van der Waals surface area contributed by atoms with Crippen LogP contribution in [-0.4, -0.2) is 47.3 Å². The van der Waals surface area contributed by atoms with Gasteiger partial charge in [-0.2, -0.15) is 0 Å². The summed E-state index contributed by atoms with van der Waals surface area (Å²) in [5, 5.41) is 10.8. The molecule has 2 heterocycles. The van der Waals surface area contributed by atoms with E-state index in [0.717, 1.165) is 25.0 Å². The number of rotatable bonds is 6. The molecule has 3 rings (SSSR count). The largest absolute Gasteiger partial charge is 0.479 e. The number of aromatic nitrogens is 3. The summed E-state index contributed by atoms with van der Waals surface area (Å²) in [6.45, 7) is 1.74. The number of benzene rings is 1. The van der Waals surface area contributed by atoms with Crippen molar-refractivity contribution in [3.63, 3.8) is 0 Å². The maximum Gasteiger partial charge on any atom is 0.277 e. The summed E-state index contributed by atoms with van der Waals surface area (Å²) < 4.78 is 12.4. The molecule has 1 saturated heterocycles. The molecule has 0 aliphatic carbocycles. The van der Waals surface area contributed by atoms with E-state index in [1.54, 1.807) is 4.68 Å². The third kappa shape index (κ3) is 3.68. The fourth-order valence-electron chi connectivity index (χ4n) is 2.60. The van der Waals surface area contributed by atoms with Crippen LogP contribution in [0.3, 0.4) is 0 Å². The van der Waals surface area contributed by atoms with Crippen molar-refractivity contribution in [2.45, 2.75) is 25.5 Å². The Labute approximate surface area is 134 Å². The van der Waals surface area contributed by atoms with Crippen LogP contribution in [0, 0.1) is 0 Å². The van der Waals surface area contributed by atoms with E-state index in [4.69, 9.17) is 9.47 Å². The molecule has 0 saturated carbocycles. The molecule has 1 aromatic heterocycles. The smallest absolute Gasteiger partial charge is 0.277 e. The molecule has 7 nitrogen and oxygen atoms in total. The number of nitrogens with one attached hydrogen (secondary N) is 1. The molecule has 1 N–H and O–H groups in total. The monoisotopic (exact) mass is 316 g/mol. The molecule has 7 heteroatoms. The van der Waals surface area contributed by atoms with Gasteiger partial charge in [0.25, 0.3) is 5.91 Å². The summed E-state index contributed by atoms with van der Waals surface area (Å²) in [6.07, 6.45) is 2.10. The predicted octanol–water partition coefficient (Wildman–Crippen LogP) is 1.24. The van der Waals surface area contributed by atoms with Crippen molar-refractivity contribution in [1.29, 1.82) is 0 Å². The SMILES string of the molecule is COc1c(C(=O)NC[C@@H]2CCCO2)nnn1Cc1ccccc1. The average molecular weight is 316 g/mol. The third-order valence-corrected chi connectivity index (χ3v) is 3.79. The van der Waals surface area contributed by atoms with Gasteiger partial charge in [0.05, 0.1) is 19.8 Å². The van der Waals surface area contributed by atoms with E-state index < -0.39 is 0 Å². The molecular weight excluding hydrogens is 296 g/mol. The molecule has 0 bridgehead atoms. The second-order valence-electron chi connectivity index (χ2n) is 5.44. The number of methoxy groups -OCH3 is 1. The first-order valence-electron chi connectivity index (χ1n) is 7.69. The maximum atomic E-state index is 12.3. The highest BCUT2D eigenvalue weighted by molar-refractivity contribution is 5.94. The van der Waals surface area contributed by atoms with Crippen molar-refractivity contribution in [3.8, 4) is 5.88 Å². The second kappa shape index (κ2) is 7.23. The van der Waals surface area contributed by atoms with Crippen molar-refractivity contribution < 1.29 is 14.3 Å². The lowest BCUT2D eigenvalue weighted by Crippen LogP contribution is -2.32. The minimum Gasteiger partial charge on any atom is -0.479 e. The first kappa shape index (κ1) is 15.5. The number of carbonyl (C=O) groups is 1. The van der Waals surface area contributed by atoms with Gasteiger partial charge in [-0.05, 0) is 18.4 Å². The van der Waals surface area contributed by atoms with Crippen LogP contribution in [-0.2, 0) is 11.3 Å². The molecule has 1 aliphatic rings. The molecule has 23 heavy (non-hydrogen) atoms. The molecule has 1 atom stereocenters. The molecule has 2 aromatic rings. The highest BCUT2D eigenvalue weighted by Crippen LogP contribution is 2.17. The summed E-state index contributed by atoms with van der Waals surface area (Å²) in [4.78, 5) is 12.3. The van der Waals surface area contributed by atoms with Crippen molar-refractivity contribution in [2.75, 3.05) is 20.3 Å². The minimum atomic E-state index is -0.295. The number of hydrogen-bond donors (Lipinski definition) is 1. The molecule has 0 radical (unpaired) electrons. The van der Waals surface area contributed by atoms with Gasteiger partial charge >= 0.3 is 0 Å². The van der Waals surface area contributed by atoms with E-state index in [2.05, 4.69) is 15.6 Å². The fourth-order valence-corrected chi connectivity index (χ4v) is 2.60. The van der Waals surface area contributed by atoms with Gasteiger partial charge < -0.3 is 14.8 Å². The lowest BCUT2D eigenvalue weighted by atomic mass is 10.2. The molecule has 0 unspecified atom stereocenters. The Morgan fingerprint density at radius 1 is 1.43 bits per heavy atom. The summed E-state index contributed by atoms with van der Waals surface area (Å²) in [5.74, 6) is 0.0651. The number of carbonyl (C=O) groups excluding carboxylic acids is 1. The molecule has 122 valence electrons. The standard InChI is InChI=1S/C16H20N4O3/c1-22-16-14(15(21)17-10-13-8-5-9-23-13)18-19-20(16)11-12-6-3-2-4-7-12/h2-4,6-7,13H,5,8-11H2,1H3,(H,17,21)/t13-/m0/s1. The number of hydrogen-bond acceptors (Lipinski definition) is 5. The first-order chi connectivity index (χ1) is 11.3. The maximum absolute atomic E-state index is 12.3. The normalized spacial score (nSPS) is 17.2. The highest BCUT2D eigenvalue weighted by atomic mass is 16.5. The van der Waals surface area contributed by atoms with Gasteiger partial charge in [0.1, 0.15) is 0 Å².